The fourth-order valence-electron chi connectivity index (χ4n) is 1.50. The maximum absolute atomic E-state index is 10.9. The quantitative estimate of drug-likeness (QED) is 0.900. The SMILES string of the molecule is Cc1nc(CCn2cc(Cl)cc2C(=O)O)no1. The normalized spacial score (nSPS) is 10.7. The van der Waals surface area contributed by atoms with Gasteiger partial charge in [0.15, 0.2) is 5.82 Å². The van der Waals surface area contributed by atoms with E-state index in [9.17, 15) is 4.79 Å². The second-order valence-electron chi connectivity index (χ2n) is 3.52. The molecule has 0 radical (unpaired) electrons. The Kier molecular flexibility index (Phi) is 3.14. The van der Waals surface area contributed by atoms with Crippen molar-refractivity contribution in [2.75, 3.05) is 0 Å². The summed E-state index contributed by atoms with van der Waals surface area (Å²) in [6.07, 6.45) is 2.06. The first-order valence-electron chi connectivity index (χ1n) is 4.94. The topological polar surface area (TPSA) is 81.2 Å². The van der Waals surface area contributed by atoms with Crippen LogP contribution in [-0.2, 0) is 13.0 Å². The Labute approximate surface area is 102 Å². The first-order valence-corrected chi connectivity index (χ1v) is 5.32. The molecule has 0 aromatic carbocycles. The lowest BCUT2D eigenvalue weighted by molar-refractivity contribution is 0.0685. The van der Waals surface area contributed by atoms with E-state index in [4.69, 9.17) is 21.2 Å². The van der Waals surface area contributed by atoms with Gasteiger partial charge in [-0.15, -0.1) is 0 Å². The van der Waals surface area contributed by atoms with Gasteiger partial charge in [0.2, 0.25) is 5.89 Å². The first-order chi connectivity index (χ1) is 8.06. The van der Waals surface area contributed by atoms with E-state index >= 15 is 0 Å². The highest BCUT2D eigenvalue weighted by atomic mass is 35.5. The second-order valence-corrected chi connectivity index (χ2v) is 3.96. The van der Waals surface area contributed by atoms with Crippen LogP contribution in [-0.4, -0.2) is 25.8 Å². The fraction of sp³-hybridized carbons (Fsp3) is 0.300. The number of rotatable bonds is 4. The van der Waals surface area contributed by atoms with Crippen molar-refractivity contribution in [3.63, 3.8) is 0 Å². The lowest BCUT2D eigenvalue weighted by Crippen LogP contribution is -2.09. The van der Waals surface area contributed by atoms with Crippen molar-refractivity contribution in [3.05, 3.63) is 34.7 Å². The summed E-state index contributed by atoms with van der Waals surface area (Å²) in [5.41, 5.74) is 0.148. The number of carboxylic acid groups (broad SMARTS) is 1. The molecule has 0 aliphatic rings. The maximum Gasteiger partial charge on any atom is 0.352 e. The van der Waals surface area contributed by atoms with Gasteiger partial charge < -0.3 is 14.2 Å². The average Bonchev–Trinajstić information content (AvgIpc) is 2.82. The molecule has 7 heteroatoms. The number of hydrogen-bond acceptors (Lipinski definition) is 4. The molecule has 0 amide bonds. The van der Waals surface area contributed by atoms with Crippen LogP contribution in [0.2, 0.25) is 5.02 Å². The van der Waals surface area contributed by atoms with Crippen LogP contribution in [0.15, 0.2) is 16.8 Å². The minimum atomic E-state index is -1.01. The third-order valence-electron chi connectivity index (χ3n) is 2.23. The summed E-state index contributed by atoms with van der Waals surface area (Å²) in [4.78, 5) is 15.0. The van der Waals surface area contributed by atoms with Crippen molar-refractivity contribution >= 4 is 17.6 Å². The van der Waals surface area contributed by atoms with E-state index in [0.29, 0.717) is 29.7 Å². The lowest BCUT2D eigenvalue weighted by atomic mass is 10.3. The van der Waals surface area contributed by atoms with Crippen LogP contribution >= 0.6 is 11.6 Å². The van der Waals surface area contributed by atoms with Gasteiger partial charge in [-0.25, -0.2) is 4.79 Å². The maximum atomic E-state index is 10.9. The molecule has 2 aromatic heterocycles. The van der Waals surface area contributed by atoms with Crippen molar-refractivity contribution in [1.82, 2.24) is 14.7 Å². The molecule has 0 saturated carbocycles. The Balaban J connectivity index is 2.11. The Morgan fingerprint density at radius 3 is 3.00 bits per heavy atom. The number of nitrogens with zero attached hydrogens (tertiary/aromatic N) is 3. The zero-order chi connectivity index (χ0) is 12.4. The molecule has 0 spiro atoms. The summed E-state index contributed by atoms with van der Waals surface area (Å²) in [7, 11) is 0. The monoisotopic (exact) mass is 255 g/mol. The Morgan fingerprint density at radius 1 is 1.65 bits per heavy atom. The minimum Gasteiger partial charge on any atom is -0.477 e. The van der Waals surface area contributed by atoms with E-state index < -0.39 is 5.97 Å². The van der Waals surface area contributed by atoms with E-state index in [2.05, 4.69) is 10.1 Å². The summed E-state index contributed by atoms with van der Waals surface area (Å²) < 4.78 is 6.38. The average molecular weight is 256 g/mol. The molecular weight excluding hydrogens is 246 g/mol. The van der Waals surface area contributed by atoms with Crippen molar-refractivity contribution in [2.24, 2.45) is 0 Å². The fourth-order valence-corrected chi connectivity index (χ4v) is 1.72. The Morgan fingerprint density at radius 2 is 2.41 bits per heavy atom. The van der Waals surface area contributed by atoms with Crippen LogP contribution in [0.3, 0.4) is 0 Å². The van der Waals surface area contributed by atoms with Gasteiger partial charge in [-0.3, -0.25) is 0 Å². The molecule has 17 heavy (non-hydrogen) atoms. The predicted molar refractivity (Wildman–Crippen MR) is 59.1 cm³/mol. The van der Waals surface area contributed by atoms with E-state index in [1.165, 1.54) is 6.07 Å². The number of carboxylic acids is 1. The van der Waals surface area contributed by atoms with Gasteiger partial charge in [0.1, 0.15) is 5.69 Å². The Bertz CT molecular complexity index is 547. The van der Waals surface area contributed by atoms with Crippen LogP contribution in [0, 0.1) is 6.92 Å². The second kappa shape index (κ2) is 4.58. The van der Waals surface area contributed by atoms with Gasteiger partial charge in [0.05, 0.1) is 5.02 Å². The highest BCUT2D eigenvalue weighted by Gasteiger charge is 2.12. The third-order valence-corrected chi connectivity index (χ3v) is 2.43. The smallest absolute Gasteiger partial charge is 0.352 e. The molecule has 0 atom stereocenters. The molecule has 1 N–H and O–H groups in total. The van der Waals surface area contributed by atoms with Crippen LogP contribution in [0.25, 0.3) is 0 Å². The molecule has 2 heterocycles. The van der Waals surface area contributed by atoms with Crippen molar-refractivity contribution in [1.29, 1.82) is 0 Å². The van der Waals surface area contributed by atoms with Gasteiger partial charge in [0, 0.05) is 26.1 Å². The zero-order valence-corrected chi connectivity index (χ0v) is 9.81. The zero-order valence-electron chi connectivity index (χ0n) is 9.05. The summed E-state index contributed by atoms with van der Waals surface area (Å²) in [6.45, 7) is 2.14. The number of halogens is 1. The largest absolute Gasteiger partial charge is 0.477 e. The summed E-state index contributed by atoms with van der Waals surface area (Å²) >= 11 is 5.76. The summed E-state index contributed by atoms with van der Waals surface area (Å²) in [5, 5.41) is 13.1. The number of aromatic nitrogens is 3. The van der Waals surface area contributed by atoms with Gasteiger partial charge in [0.25, 0.3) is 0 Å². The van der Waals surface area contributed by atoms with Gasteiger partial charge in [-0.2, -0.15) is 4.98 Å². The molecule has 0 bridgehead atoms. The van der Waals surface area contributed by atoms with E-state index in [-0.39, 0.29) is 5.69 Å². The molecule has 0 unspecified atom stereocenters. The predicted octanol–water partition coefficient (Wildman–Crippen LogP) is 1.77. The highest BCUT2D eigenvalue weighted by molar-refractivity contribution is 6.30. The molecule has 0 fully saturated rings. The lowest BCUT2D eigenvalue weighted by Gasteiger charge is -2.03. The number of aromatic carboxylic acids is 1. The molecule has 90 valence electrons. The van der Waals surface area contributed by atoms with Gasteiger partial charge >= 0.3 is 5.97 Å². The molecule has 0 aliphatic heterocycles. The van der Waals surface area contributed by atoms with E-state index in [1.807, 2.05) is 0 Å². The molecule has 2 aromatic rings. The standard InChI is InChI=1S/C10H10ClN3O3/c1-6-12-9(13-17-6)2-3-14-5-7(11)4-8(14)10(15)16/h4-5H,2-3H2,1H3,(H,15,16). The summed E-state index contributed by atoms with van der Waals surface area (Å²) in [6, 6.07) is 1.41. The van der Waals surface area contributed by atoms with Crippen LogP contribution in [0.4, 0.5) is 0 Å². The minimum absolute atomic E-state index is 0.148. The van der Waals surface area contributed by atoms with Gasteiger partial charge in [-0.05, 0) is 6.07 Å². The molecule has 0 saturated heterocycles. The molecule has 6 nitrogen and oxygen atoms in total. The highest BCUT2D eigenvalue weighted by Crippen LogP contribution is 2.14. The first kappa shape index (κ1) is 11.7. The Hall–Kier alpha value is -1.82. The molecule has 0 aliphatic carbocycles. The van der Waals surface area contributed by atoms with Crippen molar-refractivity contribution in [2.45, 2.75) is 19.9 Å². The molecular formula is C10H10ClN3O3. The number of hydrogen-bond donors (Lipinski definition) is 1. The summed E-state index contributed by atoms with van der Waals surface area (Å²) in [5.74, 6) is 0.0221. The van der Waals surface area contributed by atoms with Crippen molar-refractivity contribution < 1.29 is 14.4 Å². The molecule has 2 rings (SSSR count). The van der Waals surface area contributed by atoms with Gasteiger partial charge in [-0.1, -0.05) is 16.8 Å². The van der Waals surface area contributed by atoms with Crippen LogP contribution in [0.1, 0.15) is 22.2 Å². The van der Waals surface area contributed by atoms with E-state index in [1.54, 1.807) is 17.7 Å². The number of carbonyl (C=O) groups is 1. The van der Waals surface area contributed by atoms with E-state index in [0.717, 1.165) is 0 Å². The van der Waals surface area contributed by atoms with Crippen molar-refractivity contribution in [3.8, 4) is 0 Å². The third kappa shape index (κ3) is 2.65. The number of aryl methyl sites for hydroxylation is 3. The van der Waals surface area contributed by atoms with Crippen LogP contribution in [0.5, 0.6) is 0 Å². The van der Waals surface area contributed by atoms with Crippen LogP contribution < -0.4 is 0 Å².